The molecule has 0 aromatic heterocycles. The van der Waals surface area contributed by atoms with E-state index in [0.29, 0.717) is 0 Å². The maximum atomic E-state index is 12.9. The zero-order valence-electron chi connectivity index (χ0n) is 14.6. The quantitative estimate of drug-likeness (QED) is 0.583. The van der Waals surface area contributed by atoms with Crippen LogP contribution in [0.5, 0.6) is 0 Å². The van der Waals surface area contributed by atoms with E-state index in [1.165, 1.54) is 24.3 Å². The van der Waals surface area contributed by atoms with Gasteiger partial charge in [0.2, 0.25) is 11.8 Å². The Hall–Kier alpha value is -3.14. The summed E-state index contributed by atoms with van der Waals surface area (Å²) in [4.78, 5) is 36.1. The van der Waals surface area contributed by atoms with Crippen LogP contribution in [-0.2, 0) is 15.8 Å². The van der Waals surface area contributed by atoms with Crippen LogP contribution in [0, 0.1) is 16.0 Å². The second kappa shape index (κ2) is 7.70. The SMILES string of the molecule is O=C(Nc1ccc(Cl)c([N+](=O)[O-])c1)[C@H]1CC(=O)N(c2cccc(C(F)(F)F)c2)C1. The van der Waals surface area contributed by atoms with E-state index in [1.54, 1.807) is 0 Å². The highest BCUT2D eigenvalue weighted by atomic mass is 35.5. The molecule has 0 bridgehead atoms. The average Bonchev–Trinajstić information content (AvgIpc) is 3.04. The van der Waals surface area contributed by atoms with Crippen molar-refractivity contribution < 1.29 is 27.7 Å². The topological polar surface area (TPSA) is 92.5 Å². The van der Waals surface area contributed by atoms with Gasteiger partial charge in [0.1, 0.15) is 5.02 Å². The van der Waals surface area contributed by atoms with E-state index >= 15 is 0 Å². The number of carbonyl (C=O) groups is 2. The highest BCUT2D eigenvalue weighted by Crippen LogP contribution is 2.34. The maximum Gasteiger partial charge on any atom is 0.416 e. The first-order chi connectivity index (χ1) is 13.6. The van der Waals surface area contributed by atoms with E-state index in [0.717, 1.165) is 23.1 Å². The third-order valence-corrected chi connectivity index (χ3v) is 4.71. The summed E-state index contributed by atoms with van der Waals surface area (Å²) in [7, 11) is 0. The number of halogens is 4. The van der Waals surface area contributed by atoms with Crippen molar-refractivity contribution in [1.82, 2.24) is 0 Å². The molecule has 0 unspecified atom stereocenters. The fourth-order valence-corrected chi connectivity index (χ4v) is 3.14. The summed E-state index contributed by atoms with van der Waals surface area (Å²) in [6.45, 7) is -0.109. The van der Waals surface area contributed by atoms with Gasteiger partial charge in [-0.3, -0.25) is 19.7 Å². The van der Waals surface area contributed by atoms with E-state index in [4.69, 9.17) is 11.6 Å². The molecule has 152 valence electrons. The summed E-state index contributed by atoms with van der Waals surface area (Å²) in [6, 6.07) is 7.99. The lowest BCUT2D eigenvalue weighted by Crippen LogP contribution is -2.28. The Bertz CT molecular complexity index is 997. The molecule has 7 nitrogen and oxygen atoms in total. The number of nitro benzene ring substituents is 1. The van der Waals surface area contributed by atoms with Gasteiger partial charge in [0.05, 0.1) is 16.4 Å². The Morgan fingerprint density at radius 1 is 1.24 bits per heavy atom. The molecule has 1 heterocycles. The molecule has 1 aliphatic rings. The number of benzene rings is 2. The highest BCUT2D eigenvalue weighted by Gasteiger charge is 2.37. The lowest BCUT2D eigenvalue weighted by molar-refractivity contribution is -0.384. The number of hydrogen-bond acceptors (Lipinski definition) is 4. The lowest BCUT2D eigenvalue weighted by atomic mass is 10.1. The van der Waals surface area contributed by atoms with Crippen LogP contribution in [0.15, 0.2) is 42.5 Å². The van der Waals surface area contributed by atoms with Gasteiger partial charge in [-0.15, -0.1) is 0 Å². The molecule has 1 aliphatic heterocycles. The Morgan fingerprint density at radius 3 is 2.62 bits per heavy atom. The van der Waals surface area contributed by atoms with Crippen molar-refractivity contribution in [2.45, 2.75) is 12.6 Å². The number of rotatable bonds is 4. The molecule has 2 amide bonds. The fraction of sp³-hybridized carbons (Fsp3) is 0.222. The molecule has 0 aliphatic carbocycles. The van der Waals surface area contributed by atoms with Crippen molar-refractivity contribution in [1.29, 1.82) is 0 Å². The van der Waals surface area contributed by atoms with Gasteiger partial charge in [0.15, 0.2) is 0 Å². The third-order valence-electron chi connectivity index (χ3n) is 4.39. The van der Waals surface area contributed by atoms with Crippen LogP contribution < -0.4 is 10.2 Å². The minimum atomic E-state index is -4.56. The number of nitrogens with zero attached hydrogens (tertiary/aromatic N) is 2. The highest BCUT2D eigenvalue weighted by molar-refractivity contribution is 6.32. The minimum absolute atomic E-state index is 0.0438. The lowest BCUT2D eigenvalue weighted by Gasteiger charge is -2.18. The standard InChI is InChI=1S/C18H13ClF3N3O4/c19-14-5-4-12(8-15(14)25(28)29)23-17(27)10-6-16(26)24(9-10)13-3-1-2-11(7-13)18(20,21)22/h1-5,7-8,10H,6,9H2,(H,23,27)/t10-/m0/s1. The second-order valence-electron chi connectivity index (χ2n) is 6.37. The monoisotopic (exact) mass is 427 g/mol. The van der Waals surface area contributed by atoms with Gasteiger partial charge in [-0.2, -0.15) is 13.2 Å². The molecule has 0 radical (unpaired) electrons. The van der Waals surface area contributed by atoms with Gasteiger partial charge in [0.25, 0.3) is 5.69 Å². The minimum Gasteiger partial charge on any atom is -0.326 e. The zero-order chi connectivity index (χ0) is 21.3. The van der Waals surface area contributed by atoms with Crippen LogP contribution in [-0.4, -0.2) is 23.3 Å². The molecule has 29 heavy (non-hydrogen) atoms. The summed E-state index contributed by atoms with van der Waals surface area (Å²) < 4.78 is 38.7. The first kappa shape index (κ1) is 20.6. The van der Waals surface area contributed by atoms with Crippen molar-refractivity contribution in [2.24, 2.45) is 5.92 Å². The normalized spacial score (nSPS) is 16.8. The van der Waals surface area contributed by atoms with Crippen LogP contribution in [0.25, 0.3) is 0 Å². The van der Waals surface area contributed by atoms with E-state index < -0.39 is 40.1 Å². The molecule has 1 N–H and O–H groups in total. The average molecular weight is 428 g/mol. The molecular formula is C18H13ClF3N3O4. The summed E-state index contributed by atoms with van der Waals surface area (Å²) >= 11 is 5.72. The van der Waals surface area contributed by atoms with E-state index in [-0.39, 0.29) is 29.4 Å². The van der Waals surface area contributed by atoms with Gasteiger partial charge in [-0.05, 0) is 30.3 Å². The maximum absolute atomic E-state index is 12.9. The van der Waals surface area contributed by atoms with E-state index in [1.807, 2.05) is 0 Å². The van der Waals surface area contributed by atoms with Gasteiger partial charge in [0, 0.05) is 30.4 Å². The molecule has 1 saturated heterocycles. The Morgan fingerprint density at radius 2 is 1.97 bits per heavy atom. The van der Waals surface area contributed by atoms with Crippen molar-refractivity contribution in [3.8, 4) is 0 Å². The smallest absolute Gasteiger partial charge is 0.326 e. The molecule has 11 heteroatoms. The van der Waals surface area contributed by atoms with Gasteiger partial charge in [-0.25, -0.2) is 0 Å². The van der Waals surface area contributed by atoms with Gasteiger partial charge in [-0.1, -0.05) is 17.7 Å². The number of anilines is 2. The molecule has 2 aromatic carbocycles. The van der Waals surface area contributed by atoms with Crippen LogP contribution in [0.2, 0.25) is 5.02 Å². The van der Waals surface area contributed by atoms with Crippen LogP contribution in [0.3, 0.4) is 0 Å². The predicted octanol–water partition coefficient (Wildman–Crippen LogP) is 4.26. The largest absolute Gasteiger partial charge is 0.416 e. The van der Waals surface area contributed by atoms with Crippen LogP contribution >= 0.6 is 11.6 Å². The van der Waals surface area contributed by atoms with Crippen molar-refractivity contribution in [3.63, 3.8) is 0 Å². The molecule has 3 rings (SSSR count). The van der Waals surface area contributed by atoms with Gasteiger partial charge >= 0.3 is 6.18 Å². The van der Waals surface area contributed by atoms with Gasteiger partial charge < -0.3 is 10.2 Å². The number of nitro groups is 1. The summed E-state index contributed by atoms with van der Waals surface area (Å²) in [5, 5.41) is 13.3. The second-order valence-corrected chi connectivity index (χ2v) is 6.77. The van der Waals surface area contributed by atoms with Crippen molar-refractivity contribution >= 4 is 40.5 Å². The predicted molar refractivity (Wildman–Crippen MR) is 98.6 cm³/mol. The summed E-state index contributed by atoms with van der Waals surface area (Å²) in [6.07, 6.45) is -4.75. The van der Waals surface area contributed by atoms with E-state index in [9.17, 15) is 32.9 Å². The molecule has 0 saturated carbocycles. The fourth-order valence-electron chi connectivity index (χ4n) is 2.96. The van der Waals surface area contributed by atoms with Crippen LogP contribution in [0.4, 0.5) is 30.2 Å². The first-order valence-electron chi connectivity index (χ1n) is 8.28. The number of carbonyl (C=O) groups excluding carboxylic acids is 2. The number of nitrogens with one attached hydrogen (secondary N) is 1. The number of amides is 2. The van der Waals surface area contributed by atoms with Crippen molar-refractivity contribution in [3.05, 3.63) is 63.2 Å². The zero-order valence-corrected chi connectivity index (χ0v) is 15.3. The molecular weight excluding hydrogens is 415 g/mol. The van der Waals surface area contributed by atoms with E-state index in [2.05, 4.69) is 5.32 Å². The summed E-state index contributed by atoms with van der Waals surface area (Å²) in [5.41, 5.74) is -1.12. The molecule has 0 spiro atoms. The first-order valence-corrected chi connectivity index (χ1v) is 8.66. The number of hydrogen-bond donors (Lipinski definition) is 1. The molecule has 1 fully saturated rings. The molecule has 2 aromatic rings. The van der Waals surface area contributed by atoms with Crippen LogP contribution in [0.1, 0.15) is 12.0 Å². The van der Waals surface area contributed by atoms with Crippen molar-refractivity contribution in [2.75, 3.05) is 16.8 Å². The number of alkyl halides is 3. The Kier molecular flexibility index (Phi) is 5.47. The molecule has 1 atom stereocenters. The summed E-state index contributed by atoms with van der Waals surface area (Å²) in [5.74, 6) is -1.90. The Labute approximate surface area is 167 Å². The Balaban J connectivity index is 1.74. The third kappa shape index (κ3) is 4.48.